The highest BCUT2D eigenvalue weighted by Crippen LogP contribution is 2.43. The van der Waals surface area contributed by atoms with Gasteiger partial charge in [-0.3, -0.25) is 0 Å². The van der Waals surface area contributed by atoms with Crippen LogP contribution in [0.1, 0.15) is 0 Å². The predicted molar refractivity (Wildman–Crippen MR) is 96.4 cm³/mol. The summed E-state index contributed by atoms with van der Waals surface area (Å²) in [5, 5.41) is 0. The summed E-state index contributed by atoms with van der Waals surface area (Å²) in [6.07, 6.45) is 1.10. The molecule has 0 saturated heterocycles. The van der Waals surface area contributed by atoms with Crippen LogP contribution in [0.5, 0.6) is 11.5 Å². The molecule has 0 amide bonds. The minimum atomic E-state index is -3.38. The van der Waals surface area contributed by atoms with Crippen molar-refractivity contribution in [2.45, 2.75) is 4.90 Å². The van der Waals surface area contributed by atoms with E-state index in [0.717, 1.165) is 18.4 Å². The fourth-order valence-corrected chi connectivity index (χ4v) is 3.64. The molecule has 0 fully saturated rings. The van der Waals surface area contributed by atoms with Crippen LogP contribution in [0.2, 0.25) is 0 Å². The second-order valence-corrected chi connectivity index (χ2v) is 8.32. The van der Waals surface area contributed by atoms with Crippen LogP contribution in [0.15, 0.2) is 53.4 Å². The van der Waals surface area contributed by atoms with Gasteiger partial charge in [-0.1, -0.05) is 12.1 Å². The van der Waals surface area contributed by atoms with Crippen molar-refractivity contribution >= 4 is 9.84 Å². The predicted octanol–water partition coefficient (Wildman–Crippen LogP) is 4.57. The average molecular weight is 406 g/mol. The summed E-state index contributed by atoms with van der Waals surface area (Å²) in [6, 6.07) is 11.0. The lowest BCUT2D eigenvalue weighted by molar-refractivity contribution is 0.174. The molecule has 0 radical (unpaired) electrons. The van der Waals surface area contributed by atoms with Gasteiger partial charge in [0.1, 0.15) is 0 Å². The molecule has 1 aliphatic heterocycles. The van der Waals surface area contributed by atoms with Crippen LogP contribution in [0.3, 0.4) is 0 Å². The van der Waals surface area contributed by atoms with E-state index in [4.69, 9.17) is 9.47 Å². The maximum absolute atomic E-state index is 13.8. The Kier molecular flexibility index (Phi) is 4.30. The van der Waals surface area contributed by atoms with E-state index in [-0.39, 0.29) is 17.3 Å². The van der Waals surface area contributed by atoms with E-state index in [1.54, 1.807) is 24.3 Å². The summed E-state index contributed by atoms with van der Waals surface area (Å²) in [6.45, 7) is -0.00260. The Bertz CT molecular complexity index is 1170. The van der Waals surface area contributed by atoms with E-state index in [1.165, 1.54) is 12.1 Å². The van der Waals surface area contributed by atoms with E-state index in [2.05, 4.69) is 0 Å². The van der Waals surface area contributed by atoms with Crippen LogP contribution >= 0.6 is 0 Å². The van der Waals surface area contributed by atoms with Crippen LogP contribution < -0.4 is 9.47 Å². The van der Waals surface area contributed by atoms with Gasteiger partial charge in [0.05, 0.1) is 4.90 Å². The van der Waals surface area contributed by atoms with Crippen molar-refractivity contribution in [2.24, 2.45) is 0 Å². The SMILES string of the molecule is CS(=O)(=O)c1ccc(-c2cc3c(cc2-c2cc(F)c(F)c(F)c2)OCO3)cc1. The van der Waals surface area contributed by atoms with Gasteiger partial charge in [-0.15, -0.1) is 0 Å². The molecule has 0 aliphatic carbocycles. The zero-order chi connectivity index (χ0) is 20.1. The maximum Gasteiger partial charge on any atom is 0.231 e. The van der Waals surface area contributed by atoms with Crippen molar-refractivity contribution in [3.05, 3.63) is 66.0 Å². The zero-order valence-electron chi connectivity index (χ0n) is 14.5. The molecule has 4 nitrogen and oxygen atoms in total. The second-order valence-electron chi connectivity index (χ2n) is 6.30. The molecule has 28 heavy (non-hydrogen) atoms. The molecule has 0 N–H and O–H groups in total. The van der Waals surface area contributed by atoms with E-state index in [0.29, 0.717) is 28.2 Å². The monoisotopic (exact) mass is 406 g/mol. The first-order valence-electron chi connectivity index (χ1n) is 8.13. The van der Waals surface area contributed by atoms with Gasteiger partial charge < -0.3 is 9.47 Å². The fraction of sp³-hybridized carbons (Fsp3) is 0.100. The molecule has 4 rings (SSSR count). The smallest absolute Gasteiger partial charge is 0.231 e. The van der Waals surface area contributed by atoms with E-state index >= 15 is 0 Å². The molecule has 3 aromatic rings. The second kappa shape index (κ2) is 6.56. The fourth-order valence-electron chi connectivity index (χ4n) is 3.01. The number of rotatable bonds is 3. The van der Waals surface area contributed by atoms with Crippen molar-refractivity contribution in [2.75, 3.05) is 13.0 Å². The number of fused-ring (bicyclic) bond motifs is 1. The molecule has 0 atom stereocenters. The van der Waals surface area contributed by atoms with Crippen molar-refractivity contribution in [1.82, 2.24) is 0 Å². The molecule has 0 bridgehead atoms. The minimum absolute atomic E-state index is 0.00260. The van der Waals surface area contributed by atoms with Crippen molar-refractivity contribution in [1.29, 1.82) is 0 Å². The molecule has 1 aliphatic rings. The molecular weight excluding hydrogens is 393 g/mol. The van der Waals surface area contributed by atoms with E-state index < -0.39 is 27.3 Å². The Hall–Kier alpha value is -3.00. The normalized spacial score (nSPS) is 13.0. The van der Waals surface area contributed by atoms with Gasteiger partial charge >= 0.3 is 0 Å². The highest BCUT2D eigenvalue weighted by molar-refractivity contribution is 7.90. The molecule has 144 valence electrons. The minimum Gasteiger partial charge on any atom is -0.454 e. The van der Waals surface area contributed by atoms with Gasteiger partial charge in [0.15, 0.2) is 38.8 Å². The van der Waals surface area contributed by atoms with Crippen molar-refractivity contribution < 1.29 is 31.1 Å². The third kappa shape index (κ3) is 3.20. The van der Waals surface area contributed by atoms with Gasteiger partial charge in [-0.2, -0.15) is 0 Å². The van der Waals surface area contributed by atoms with Gasteiger partial charge in [-0.25, -0.2) is 21.6 Å². The Morgan fingerprint density at radius 2 is 1.29 bits per heavy atom. The van der Waals surface area contributed by atoms with Gasteiger partial charge in [0.25, 0.3) is 0 Å². The van der Waals surface area contributed by atoms with Gasteiger partial charge in [0, 0.05) is 6.26 Å². The summed E-state index contributed by atoms with van der Waals surface area (Å²) >= 11 is 0. The number of ether oxygens (including phenoxy) is 2. The van der Waals surface area contributed by atoms with Gasteiger partial charge in [-0.05, 0) is 58.7 Å². The molecule has 3 aromatic carbocycles. The molecule has 1 heterocycles. The first-order valence-corrected chi connectivity index (χ1v) is 10.0. The third-order valence-electron chi connectivity index (χ3n) is 4.40. The van der Waals surface area contributed by atoms with Crippen LogP contribution in [0.4, 0.5) is 13.2 Å². The van der Waals surface area contributed by atoms with Gasteiger partial charge in [0.2, 0.25) is 6.79 Å². The number of hydrogen-bond acceptors (Lipinski definition) is 4. The Balaban J connectivity index is 1.92. The largest absolute Gasteiger partial charge is 0.454 e. The van der Waals surface area contributed by atoms with Crippen molar-refractivity contribution in [3.8, 4) is 33.8 Å². The topological polar surface area (TPSA) is 52.6 Å². The summed E-state index contributed by atoms with van der Waals surface area (Å²) < 4.78 is 75.0. The summed E-state index contributed by atoms with van der Waals surface area (Å²) in [4.78, 5) is 0.136. The molecule has 0 aromatic heterocycles. The molecule has 0 saturated carbocycles. The summed E-state index contributed by atoms with van der Waals surface area (Å²) in [7, 11) is -3.38. The lowest BCUT2D eigenvalue weighted by atomic mass is 9.93. The van der Waals surface area contributed by atoms with Crippen LogP contribution in [-0.4, -0.2) is 21.5 Å². The molecule has 8 heteroatoms. The Labute approximate surface area is 159 Å². The average Bonchev–Trinajstić information content (AvgIpc) is 3.11. The van der Waals surface area contributed by atoms with Crippen LogP contribution in [-0.2, 0) is 9.84 Å². The number of halogens is 3. The molecular formula is C20H13F3O4S. The quantitative estimate of drug-likeness (QED) is 0.598. The summed E-state index contributed by atoms with van der Waals surface area (Å²) in [5.74, 6) is -3.36. The first kappa shape index (κ1) is 18.4. The number of hydrogen-bond donors (Lipinski definition) is 0. The highest BCUT2D eigenvalue weighted by atomic mass is 32.2. The zero-order valence-corrected chi connectivity index (χ0v) is 15.3. The van der Waals surface area contributed by atoms with Crippen LogP contribution in [0.25, 0.3) is 22.3 Å². The van der Waals surface area contributed by atoms with Crippen LogP contribution in [0, 0.1) is 17.5 Å². The number of sulfone groups is 1. The maximum atomic E-state index is 13.8. The third-order valence-corrected chi connectivity index (χ3v) is 5.53. The van der Waals surface area contributed by atoms with E-state index in [1.807, 2.05) is 0 Å². The highest BCUT2D eigenvalue weighted by Gasteiger charge is 2.21. The van der Waals surface area contributed by atoms with E-state index in [9.17, 15) is 21.6 Å². The van der Waals surface area contributed by atoms with Crippen molar-refractivity contribution in [3.63, 3.8) is 0 Å². The summed E-state index contributed by atoms with van der Waals surface area (Å²) in [5.41, 5.74) is 1.60. The lowest BCUT2D eigenvalue weighted by Crippen LogP contribution is -1.97. The number of benzene rings is 3. The standard InChI is InChI=1S/C20H13F3O4S/c1-28(24,25)13-4-2-11(3-5-13)14-8-18-19(27-10-26-18)9-15(14)12-6-16(21)20(23)17(22)7-12/h2-9H,10H2,1H3. The lowest BCUT2D eigenvalue weighted by Gasteiger charge is -2.13. The first-order chi connectivity index (χ1) is 13.2. The Morgan fingerprint density at radius 3 is 1.79 bits per heavy atom. The molecule has 0 unspecified atom stereocenters. The Morgan fingerprint density at radius 1 is 0.786 bits per heavy atom. The molecule has 0 spiro atoms.